The predicted molar refractivity (Wildman–Crippen MR) is 64.8 cm³/mol. The number of alkyl halides is 1. The fourth-order valence-electron chi connectivity index (χ4n) is 2.56. The van der Waals surface area contributed by atoms with Crippen molar-refractivity contribution >= 4 is 15.9 Å². The third-order valence-electron chi connectivity index (χ3n) is 3.42. The van der Waals surface area contributed by atoms with Crippen molar-refractivity contribution in [3.05, 3.63) is 35.6 Å². The van der Waals surface area contributed by atoms with Crippen LogP contribution < -0.4 is 0 Å². The minimum atomic E-state index is -0.116. The second-order valence-electron chi connectivity index (χ2n) is 4.65. The summed E-state index contributed by atoms with van der Waals surface area (Å²) in [5.74, 6) is -0.116. The minimum absolute atomic E-state index is 0.116. The van der Waals surface area contributed by atoms with Gasteiger partial charge in [0.25, 0.3) is 0 Å². The molecule has 2 heteroatoms. The van der Waals surface area contributed by atoms with Crippen molar-refractivity contribution in [2.24, 2.45) is 5.41 Å². The minimum Gasteiger partial charge on any atom is -0.207 e. The van der Waals surface area contributed by atoms with Gasteiger partial charge in [0.05, 0.1) is 0 Å². The summed E-state index contributed by atoms with van der Waals surface area (Å²) in [5, 5.41) is 1.04. The molecule has 0 nitrogen and oxygen atoms in total. The van der Waals surface area contributed by atoms with Crippen LogP contribution in [0.2, 0.25) is 0 Å². The van der Waals surface area contributed by atoms with E-state index in [9.17, 15) is 4.39 Å². The topological polar surface area (TPSA) is 0 Å². The Morgan fingerprint density at radius 1 is 1.27 bits per heavy atom. The fraction of sp³-hybridized carbons (Fsp3) is 0.538. The summed E-state index contributed by atoms with van der Waals surface area (Å²) in [6.45, 7) is 0. The molecule has 0 saturated heterocycles. The molecule has 0 radical (unpaired) electrons. The summed E-state index contributed by atoms with van der Waals surface area (Å²) in [6, 6.07) is 7.02. The molecule has 0 unspecified atom stereocenters. The average Bonchev–Trinajstić information content (AvgIpc) is 2.67. The Labute approximate surface area is 99.0 Å². The standard InChI is InChI=1S/C13H16BrF/c14-10-13(6-1-2-7-13)9-11-4-3-5-12(15)8-11/h3-5,8H,1-2,6-7,9-10H2. The van der Waals surface area contributed by atoms with Gasteiger partial charge < -0.3 is 0 Å². The van der Waals surface area contributed by atoms with Crippen LogP contribution in [0, 0.1) is 11.2 Å². The van der Waals surface area contributed by atoms with E-state index >= 15 is 0 Å². The van der Waals surface area contributed by atoms with Crippen molar-refractivity contribution in [2.45, 2.75) is 32.1 Å². The van der Waals surface area contributed by atoms with Gasteiger partial charge in [-0.15, -0.1) is 0 Å². The Hall–Kier alpha value is -0.370. The first-order chi connectivity index (χ1) is 7.24. The Morgan fingerprint density at radius 2 is 2.00 bits per heavy atom. The van der Waals surface area contributed by atoms with Crippen molar-refractivity contribution in [2.75, 3.05) is 5.33 Å². The van der Waals surface area contributed by atoms with Gasteiger partial charge in [0.15, 0.2) is 0 Å². The summed E-state index contributed by atoms with van der Waals surface area (Å²) in [6.07, 6.45) is 6.20. The fourth-order valence-corrected chi connectivity index (χ4v) is 3.32. The lowest BCUT2D eigenvalue weighted by Crippen LogP contribution is -2.21. The molecular formula is C13H16BrF. The molecule has 0 bridgehead atoms. The zero-order valence-electron chi connectivity index (χ0n) is 8.81. The molecule has 1 aliphatic carbocycles. The van der Waals surface area contributed by atoms with Crippen molar-refractivity contribution in [1.29, 1.82) is 0 Å². The summed E-state index contributed by atoms with van der Waals surface area (Å²) in [4.78, 5) is 0. The largest absolute Gasteiger partial charge is 0.207 e. The number of benzene rings is 1. The maximum absolute atomic E-state index is 13.1. The van der Waals surface area contributed by atoms with Crippen LogP contribution in [-0.2, 0) is 6.42 Å². The summed E-state index contributed by atoms with van der Waals surface area (Å²) in [7, 11) is 0. The molecule has 1 aromatic carbocycles. The van der Waals surface area contributed by atoms with Crippen molar-refractivity contribution in [3.8, 4) is 0 Å². The SMILES string of the molecule is Fc1cccc(CC2(CBr)CCCC2)c1. The van der Waals surface area contributed by atoms with Crippen molar-refractivity contribution < 1.29 is 4.39 Å². The van der Waals surface area contributed by atoms with E-state index in [1.165, 1.54) is 31.7 Å². The van der Waals surface area contributed by atoms with Crippen LogP contribution in [-0.4, -0.2) is 5.33 Å². The normalized spacial score (nSPS) is 19.3. The van der Waals surface area contributed by atoms with Gasteiger partial charge in [0.2, 0.25) is 0 Å². The first kappa shape index (κ1) is 11.1. The van der Waals surface area contributed by atoms with Crippen molar-refractivity contribution in [1.82, 2.24) is 0 Å². The molecule has 0 aromatic heterocycles. The highest BCUT2D eigenvalue weighted by molar-refractivity contribution is 9.09. The van der Waals surface area contributed by atoms with Gasteiger partial charge in [-0.25, -0.2) is 4.39 Å². The van der Waals surface area contributed by atoms with Crippen LogP contribution in [0.1, 0.15) is 31.2 Å². The van der Waals surface area contributed by atoms with Crippen LogP contribution in [0.25, 0.3) is 0 Å². The molecule has 0 amide bonds. The Morgan fingerprint density at radius 3 is 2.60 bits per heavy atom. The molecule has 1 saturated carbocycles. The molecule has 1 aromatic rings. The maximum Gasteiger partial charge on any atom is 0.123 e. The van der Waals surface area contributed by atoms with Crippen LogP contribution in [0.3, 0.4) is 0 Å². The third kappa shape index (κ3) is 2.60. The highest BCUT2D eigenvalue weighted by Crippen LogP contribution is 2.42. The van der Waals surface area contributed by atoms with Crippen LogP contribution in [0.4, 0.5) is 4.39 Å². The summed E-state index contributed by atoms with van der Waals surface area (Å²) in [5.41, 5.74) is 1.52. The van der Waals surface area contributed by atoms with E-state index in [2.05, 4.69) is 15.9 Å². The van der Waals surface area contributed by atoms with Crippen LogP contribution >= 0.6 is 15.9 Å². The molecule has 15 heavy (non-hydrogen) atoms. The van der Waals surface area contributed by atoms with Gasteiger partial charge in [-0.2, -0.15) is 0 Å². The maximum atomic E-state index is 13.1. The Bertz CT molecular complexity index is 329. The molecule has 0 heterocycles. The van der Waals surface area contributed by atoms with E-state index in [-0.39, 0.29) is 5.82 Å². The molecule has 1 aliphatic rings. The molecule has 1 fully saturated rings. The van der Waals surface area contributed by atoms with Gasteiger partial charge in [-0.1, -0.05) is 40.9 Å². The van der Waals surface area contributed by atoms with E-state index < -0.39 is 0 Å². The Kier molecular flexibility index (Phi) is 3.45. The lowest BCUT2D eigenvalue weighted by Gasteiger charge is -2.26. The molecule has 0 atom stereocenters. The molecule has 0 aliphatic heterocycles. The first-order valence-electron chi connectivity index (χ1n) is 5.55. The van der Waals surface area contributed by atoms with E-state index in [0.717, 1.165) is 17.3 Å². The van der Waals surface area contributed by atoms with E-state index in [0.29, 0.717) is 5.41 Å². The Balaban J connectivity index is 2.12. The van der Waals surface area contributed by atoms with Gasteiger partial charge in [0.1, 0.15) is 5.82 Å². The van der Waals surface area contributed by atoms with Gasteiger partial charge >= 0.3 is 0 Å². The highest BCUT2D eigenvalue weighted by Gasteiger charge is 2.32. The average molecular weight is 271 g/mol. The first-order valence-corrected chi connectivity index (χ1v) is 6.67. The van der Waals surface area contributed by atoms with Gasteiger partial charge in [-0.05, 0) is 42.4 Å². The van der Waals surface area contributed by atoms with Crippen molar-refractivity contribution in [3.63, 3.8) is 0 Å². The quantitative estimate of drug-likeness (QED) is 0.718. The lowest BCUT2D eigenvalue weighted by molar-refractivity contribution is 0.346. The summed E-state index contributed by atoms with van der Waals surface area (Å²) >= 11 is 3.62. The van der Waals surface area contributed by atoms with E-state index in [1.807, 2.05) is 12.1 Å². The van der Waals surface area contributed by atoms with Crippen LogP contribution in [0.5, 0.6) is 0 Å². The number of rotatable bonds is 3. The smallest absolute Gasteiger partial charge is 0.123 e. The van der Waals surface area contributed by atoms with Crippen LogP contribution in [0.15, 0.2) is 24.3 Å². The zero-order chi connectivity index (χ0) is 10.7. The third-order valence-corrected chi connectivity index (χ3v) is 4.61. The molecule has 0 spiro atoms. The second kappa shape index (κ2) is 4.65. The second-order valence-corrected chi connectivity index (χ2v) is 5.21. The van der Waals surface area contributed by atoms with E-state index in [1.54, 1.807) is 6.07 Å². The molecule has 2 rings (SSSR count). The molecule has 0 N–H and O–H groups in total. The monoisotopic (exact) mass is 270 g/mol. The van der Waals surface area contributed by atoms with Gasteiger partial charge in [0, 0.05) is 5.33 Å². The number of hydrogen-bond donors (Lipinski definition) is 0. The lowest BCUT2D eigenvalue weighted by atomic mass is 9.82. The molecule has 82 valence electrons. The number of hydrogen-bond acceptors (Lipinski definition) is 0. The summed E-state index contributed by atoms with van der Waals surface area (Å²) < 4.78 is 13.1. The van der Waals surface area contributed by atoms with E-state index in [4.69, 9.17) is 0 Å². The zero-order valence-corrected chi connectivity index (χ0v) is 10.4. The molecular weight excluding hydrogens is 255 g/mol. The van der Waals surface area contributed by atoms with Gasteiger partial charge in [-0.3, -0.25) is 0 Å². The predicted octanol–water partition coefficient (Wildman–Crippen LogP) is 4.32. The number of halogens is 2. The highest BCUT2D eigenvalue weighted by atomic mass is 79.9.